The Kier molecular flexibility index (Phi) is 13.7. The zero-order chi connectivity index (χ0) is 25.5. The molecule has 0 saturated heterocycles. The predicted molar refractivity (Wildman–Crippen MR) is 144 cm³/mol. The highest BCUT2D eigenvalue weighted by Gasteiger charge is 2.15. The van der Waals surface area contributed by atoms with Gasteiger partial charge in [-0.05, 0) is 41.8 Å². The summed E-state index contributed by atoms with van der Waals surface area (Å²) in [6.07, 6.45) is 11.2. The lowest BCUT2D eigenvalue weighted by Gasteiger charge is -2.09. The highest BCUT2D eigenvalue weighted by atomic mass is 35.5. The van der Waals surface area contributed by atoms with Gasteiger partial charge in [0.15, 0.2) is 0 Å². The van der Waals surface area contributed by atoms with Crippen LogP contribution in [0.5, 0.6) is 0 Å². The van der Waals surface area contributed by atoms with Gasteiger partial charge < -0.3 is 4.74 Å². The van der Waals surface area contributed by atoms with Crippen LogP contribution >= 0.6 is 23.2 Å². The summed E-state index contributed by atoms with van der Waals surface area (Å²) >= 11 is 12.0. The molecule has 8 heteroatoms. The van der Waals surface area contributed by atoms with Crippen molar-refractivity contribution in [1.82, 2.24) is 4.72 Å². The number of amides is 1. The summed E-state index contributed by atoms with van der Waals surface area (Å²) in [7, 11) is -3.64. The maximum absolute atomic E-state index is 12.4. The van der Waals surface area contributed by atoms with E-state index >= 15 is 0 Å². The molecule has 2 aromatic carbocycles. The van der Waals surface area contributed by atoms with Gasteiger partial charge in [0.25, 0.3) is 5.91 Å². The fourth-order valence-corrected chi connectivity index (χ4v) is 5.25. The summed E-state index contributed by atoms with van der Waals surface area (Å²) in [6, 6.07) is 11.9. The Hall–Kier alpha value is -1.60. The van der Waals surface area contributed by atoms with Crippen molar-refractivity contribution in [3.63, 3.8) is 0 Å². The van der Waals surface area contributed by atoms with Crippen molar-refractivity contribution in [3.8, 4) is 0 Å². The monoisotopic (exact) mass is 541 g/mol. The molecule has 0 aliphatic heterocycles. The topological polar surface area (TPSA) is 72.5 Å². The zero-order valence-electron chi connectivity index (χ0n) is 20.5. The van der Waals surface area contributed by atoms with Crippen molar-refractivity contribution in [1.29, 1.82) is 0 Å². The average molecular weight is 543 g/mol. The van der Waals surface area contributed by atoms with Gasteiger partial charge in [-0.2, -0.15) is 0 Å². The van der Waals surface area contributed by atoms with Gasteiger partial charge in [-0.15, -0.1) is 0 Å². The molecule has 0 aliphatic carbocycles. The van der Waals surface area contributed by atoms with E-state index in [1.807, 2.05) is 6.07 Å². The van der Waals surface area contributed by atoms with Crippen molar-refractivity contribution in [2.45, 2.75) is 84.3 Å². The number of carbonyl (C=O) groups is 1. The van der Waals surface area contributed by atoms with E-state index in [9.17, 15) is 13.2 Å². The quantitative estimate of drug-likeness (QED) is 0.208. The number of unbranched alkanes of at least 4 members (excludes halogenated alkanes) is 9. The van der Waals surface area contributed by atoms with Crippen LogP contribution in [-0.4, -0.2) is 20.1 Å². The number of rotatable bonds is 17. The van der Waals surface area contributed by atoms with Gasteiger partial charge in [-0.3, -0.25) is 4.79 Å². The molecule has 1 N–H and O–H groups in total. The smallest absolute Gasteiger partial charge is 0.264 e. The van der Waals surface area contributed by atoms with Crippen LogP contribution in [0.15, 0.2) is 42.5 Å². The normalized spacial score (nSPS) is 11.5. The lowest BCUT2D eigenvalue weighted by atomic mass is 10.1. The summed E-state index contributed by atoms with van der Waals surface area (Å²) in [6.45, 7) is 2.87. The molecular weight excluding hydrogens is 505 g/mol. The van der Waals surface area contributed by atoms with Crippen LogP contribution in [0.2, 0.25) is 10.0 Å². The third-order valence-corrected chi connectivity index (χ3v) is 7.68. The van der Waals surface area contributed by atoms with Crippen molar-refractivity contribution >= 4 is 39.1 Å². The van der Waals surface area contributed by atoms with E-state index in [1.165, 1.54) is 38.5 Å². The number of benzene rings is 2. The summed E-state index contributed by atoms with van der Waals surface area (Å²) in [5.74, 6) is -0.647. The van der Waals surface area contributed by atoms with E-state index in [-0.39, 0.29) is 5.75 Å². The second-order valence-corrected chi connectivity index (χ2v) is 11.5. The second-order valence-electron chi connectivity index (χ2n) is 8.86. The van der Waals surface area contributed by atoms with E-state index in [4.69, 9.17) is 27.9 Å². The van der Waals surface area contributed by atoms with Gasteiger partial charge in [-0.1, -0.05) is 106 Å². The lowest BCUT2D eigenvalue weighted by molar-refractivity contribution is 0.0980. The van der Waals surface area contributed by atoms with Crippen LogP contribution in [0.3, 0.4) is 0 Å². The van der Waals surface area contributed by atoms with Crippen molar-refractivity contribution in [2.24, 2.45) is 0 Å². The molecule has 1 amide bonds. The molecule has 0 aromatic heterocycles. The van der Waals surface area contributed by atoms with E-state index < -0.39 is 15.9 Å². The number of carbonyl (C=O) groups excluding carboxylic acids is 1. The highest BCUT2D eigenvalue weighted by Crippen LogP contribution is 2.22. The SMILES string of the molecule is CCCCCCCCCCCCS(=O)(=O)NC(=O)c1ccc(COCc2ccc(Cl)cc2Cl)cc1. The Balaban J connectivity index is 1.65. The molecule has 0 radical (unpaired) electrons. The van der Waals surface area contributed by atoms with Gasteiger partial charge in [0.05, 0.1) is 19.0 Å². The molecule has 0 saturated carbocycles. The fraction of sp³-hybridized carbons (Fsp3) is 0.519. The first-order valence-corrected chi connectivity index (χ1v) is 14.9. The standard InChI is InChI=1S/C27H37Cl2NO4S/c1-2-3-4-5-6-7-8-9-10-11-18-35(32,33)30-27(31)23-14-12-22(13-15-23)20-34-21-24-16-17-25(28)19-26(24)29/h12-17,19H,2-11,18,20-21H2,1H3,(H,30,31). The fourth-order valence-electron chi connectivity index (χ4n) is 3.70. The van der Waals surface area contributed by atoms with Crippen molar-refractivity contribution in [2.75, 3.05) is 5.75 Å². The number of ether oxygens (including phenoxy) is 1. The first-order valence-electron chi connectivity index (χ1n) is 12.5. The third-order valence-electron chi connectivity index (χ3n) is 5.77. The number of nitrogens with one attached hydrogen (secondary N) is 1. The predicted octanol–water partition coefficient (Wildman–Crippen LogP) is 7.69. The Morgan fingerprint density at radius 3 is 2.03 bits per heavy atom. The van der Waals surface area contributed by atoms with Crippen LogP contribution in [-0.2, 0) is 28.0 Å². The maximum Gasteiger partial charge on any atom is 0.264 e. The Morgan fingerprint density at radius 2 is 1.43 bits per heavy atom. The number of hydrogen-bond donors (Lipinski definition) is 1. The van der Waals surface area contributed by atoms with Crippen LogP contribution in [0.25, 0.3) is 0 Å². The summed E-state index contributed by atoms with van der Waals surface area (Å²) in [4.78, 5) is 12.4. The number of halogens is 2. The first kappa shape index (κ1) is 29.6. The molecule has 2 aromatic rings. The molecule has 0 aliphatic rings. The largest absolute Gasteiger partial charge is 0.372 e. The van der Waals surface area contributed by atoms with E-state index in [0.29, 0.717) is 35.2 Å². The summed E-state index contributed by atoms with van der Waals surface area (Å²) < 4.78 is 32.4. The Labute approximate surface area is 220 Å². The van der Waals surface area contributed by atoms with Gasteiger partial charge in [-0.25, -0.2) is 13.1 Å². The molecule has 0 fully saturated rings. The van der Waals surface area contributed by atoms with Crippen LogP contribution in [0.1, 0.15) is 92.6 Å². The Bertz CT molecular complexity index is 1010. The van der Waals surface area contributed by atoms with E-state index in [0.717, 1.165) is 30.4 Å². The van der Waals surface area contributed by atoms with Gasteiger partial charge in [0.2, 0.25) is 10.0 Å². The number of hydrogen-bond acceptors (Lipinski definition) is 4. The molecule has 0 spiro atoms. The van der Waals surface area contributed by atoms with Gasteiger partial charge in [0, 0.05) is 15.6 Å². The maximum atomic E-state index is 12.4. The van der Waals surface area contributed by atoms with E-state index in [2.05, 4.69) is 11.6 Å². The van der Waals surface area contributed by atoms with Crippen LogP contribution in [0, 0.1) is 0 Å². The molecule has 194 valence electrons. The minimum Gasteiger partial charge on any atom is -0.372 e. The molecule has 35 heavy (non-hydrogen) atoms. The Morgan fingerprint density at radius 1 is 0.829 bits per heavy atom. The lowest BCUT2D eigenvalue weighted by Crippen LogP contribution is -2.32. The zero-order valence-corrected chi connectivity index (χ0v) is 22.9. The van der Waals surface area contributed by atoms with Crippen molar-refractivity contribution < 1.29 is 17.9 Å². The third kappa shape index (κ3) is 12.3. The molecule has 0 atom stereocenters. The highest BCUT2D eigenvalue weighted by molar-refractivity contribution is 7.90. The van der Waals surface area contributed by atoms with Crippen LogP contribution < -0.4 is 4.72 Å². The van der Waals surface area contributed by atoms with Crippen molar-refractivity contribution in [3.05, 3.63) is 69.2 Å². The molecule has 0 bridgehead atoms. The second kappa shape index (κ2) is 16.2. The minimum atomic E-state index is -3.64. The number of sulfonamides is 1. The molecule has 5 nitrogen and oxygen atoms in total. The minimum absolute atomic E-state index is 0.0333. The van der Waals surface area contributed by atoms with Gasteiger partial charge in [0.1, 0.15) is 0 Å². The average Bonchev–Trinajstić information content (AvgIpc) is 2.82. The molecular formula is C27H37Cl2NO4S. The molecule has 2 rings (SSSR count). The van der Waals surface area contributed by atoms with E-state index in [1.54, 1.807) is 36.4 Å². The molecule has 0 heterocycles. The summed E-state index contributed by atoms with van der Waals surface area (Å²) in [5, 5.41) is 1.11. The van der Waals surface area contributed by atoms with Gasteiger partial charge >= 0.3 is 0 Å². The first-order chi connectivity index (χ1) is 16.8. The van der Waals surface area contributed by atoms with Crippen LogP contribution in [0.4, 0.5) is 0 Å². The summed E-state index contributed by atoms with van der Waals surface area (Å²) in [5.41, 5.74) is 1.99. The molecule has 0 unspecified atom stereocenters.